The Morgan fingerprint density at radius 2 is 1.89 bits per heavy atom. The zero-order chi connectivity index (χ0) is 14.1. The summed E-state index contributed by atoms with van der Waals surface area (Å²) in [5.74, 6) is -0.358. The molecule has 1 aromatic carbocycles. The molecule has 1 unspecified atom stereocenters. The van der Waals surface area contributed by atoms with E-state index >= 15 is 0 Å². The van der Waals surface area contributed by atoms with E-state index in [1.807, 2.05) is 51.1 Å². The van der Waals surface area contributed by atoms with Crippen molar-refractivity contribution in [3.8, 4) is 0 Å². The van der Waals surface area contributed by atoms with Gasteiger partial charge in [0.05, 0.1) is 0 Å². The fraction of sp³-hybridized carbons (Fsp3) is 0.467. The van der Waals surface area contributed by atoms with Gasteiger partial charge in [-0.3, -0.25) is 0 Å². The Labute approximate surface area is 113 Å². The van der Waals surface area contributed by atoms with E-state index in [1.54, 1.807) is 6.92 Å². The van der Waals surface area contributed by atoms with Crippen molar-refractivity contribution in [3.05, 3.63) is 35.9 Å². The number of aliphatic imine (C=N–C) groups is 1. The maximum Gasteiger partial charge on any atom is 0.392 e. The third kappa shape index (κ3) is 2.62. The van der Waals surface area contributed by atoms with Gasteiger partial charge < -0.3 is 9.47 Å². The Morgan fingerprint density at radius 3 is 2.42 bits per heavy atom. The number of benzene rings is 1. The summed E-state index contributed by atoms with van der Waals surface area (Å²) in [4.78, 5) is 16.3. The van der Waals surface area contributed by atoms with Crippen LogP contribution in [0, 0.1) is 5.41 Å². The second-order valence-electron chi connectivity index (χ2n) is 5.86. The van der Waals surface area contributed by atoms with Gasteiger partial charge in [0.1, 0.15) is 6.61 Å². The van der Waals surface area contributed by atoms with E-state index in [0.717, 1.165) is 5.56 Å². The van der Waals surface area contributed by atoms with Crippen LogP contribution in [0.5, 0.6) is 0 Å². The monoisotopic (exact) mass is 261 g/mol. The number of esters is 1. The molecule has 102 valence electrons. The molecule has 0 spiro atoms. The zero-order valence-electron chi connectivity index (χ0n) is 11.8. The molecular weight excluding hydrogens is 242 g/mol. The lowest BCUT2D eigenvalue weighted by Crippen LogP contribution is -2.43. The van der Waals surface area contributed by atoms with Crippen LogP contribution in [0.2, 0.25) is 0 Å². The first kappa shape index (κ1) is 13.6. The largest absolute Gasteiger partial charge is 0.445 e. The number of nitrogens with zero attached hydrogens (tertiary/aromatic N) is 1. The Balaban J connectivity index is 2.07. The summed E-state index contributed by atoms with van der Waals surface area (Å²) in [5, 5.41) is 0. The standard InChI is InChI=1S/C15H19NO3/c1-14(2,3)15(4)12(17)19-13(16-15)18-10-11-8-6-5-7-9-11/h5-9H,10H2,1-4H3. The van der Waals surface area contributed by atoms with Crippen molar-refractivity contribution < 1.29 is 14.3 Å². The first-order valence-corrected chi connectivity index (χ1v) is 6.32. The third-order valence-corrected chi connectivity index (χ3v) is 3.56. The van der Waals surface area contributed by atoms with Crippen molar-refractivity contribution in [2.24, 2.45) is 10.4 Å². The molecule has 1 heterocycles. The predicted octanol–water partition coefficient (Wildman–Crippen LogP) is 2.92. The second-order valence-corrected chi connectivity index (χ2v) is 5.86. The van der Waals surface area contributed by atoms with Crippen LogP contribution >= 0.6 is 0 Å². The van der Waals surface area contributed by atoms with Gasteiger partial charge in [-0.1, -0.05) is 51.1 Å². The molecule has 19 heavy (non-hydrogen) atoms. The summed E-state index contributed by atoms with van der Waals surface area (Å²) in [6.07, 6.45) is 0.0614. The van der Waals surface area contributed by atoms with E-state index in [9.17, 15) is 4.79 Å². The minimum Gasteiger partial charge on any atom is -0.445 e. The molecule has 0 amide bonds. The Bertz CT molecular complexity index is 502. The van der Waals surface area contributed by atoms with Gasteiger partial charge in [0.15, 0.2) is 5.54 Å². The number of hydrogen-bond donors (Lipinski definition) is 0. The molecule has 4 heteroatoms. The van der Waals surface area contributed by atoms with E-state index in [4.69, 9.17) is 9.47 Å². The van der Waals surface area contributed by atoms with Gasteiger partial charge in [0.2, 0.25) is 0 Å². The van der Waals surface area contributed by atoms with Crippen LogP contribution in [-0.2, 0) is 20.9 Å². The van der Waals surface area contributed by atoms with Crippen molar-refractivity contribution >= 4 is 12.1 Å². The quantitative estimate of drug-likeness (QED) is 0.769. The summed E-state index contributed by atoms with van der Waals surface area (Å²) >= 11 is 0. The molecule has 0 aliphatic carbocycles. The van der Waals surface area contributed by atoms with Crippen molar-refractivity contribution in [2.45, 2.75) is 39.8 Å². The van der Waals surface area contributed by atoms with E-state index in [0.29, 0.717) is 6.61 Å². The average Bonchev–Trinajstić information content (AvgIpc) is 2.65. The molecular formula is C15H19NO3. The van der Waals surface area contributed by atoms with Crippen molar-refractivity contribution in [2.75, 3.05) is 0 Å². The topological polar surface area (TPSA) is 47.9 Å². The van der Waals surface area contributed by atoms with Crippen LogP contribution in [0.15, 0.2) is 35.3 Å². The van der Waals surface area contributed by atoms with Crippen molar-refractivity contribution in [1.82, 2.24) is 0 Å². The first-order valence-electron chi connectivity index (χ1n) is 6.32. The van der Waals surface area contributed by atoms with Gasteiger partial charge >= 0.3 is 12.1 Å². The van der Waals surface area contributed by atoms with Gasteiger partial charge in [-0.25, -0.2) is 4.79 Å². The number of hydrogen-bond acceptors (Lipinski definition) is 4. The average molecular weight is 261 g/mol. The van der Waals surface area contributed by atoms with Gasteiger partial charge in [-0.2, -0.15) is 4.99 Å². The summed E-state index contributed by atoms with van der Waals surface area (Å²) in [6.45, 7) is 7.98. The molecule has 2 rings (SSSR count). The van der Waals surface area contributed by atoms with Gasteiger partial charge in [-0.05, 0) is 17.9 Å². The van der Waals surface area contributed by atoms with Gasteiger partial charge in [0, 0.05) is 0 Å². The first-order chi connectivity index (χ1) is 8.83. The van der Waals surface area contributed by atoms with Crippen LogP contribution < -0.4 is 0 Å². The molecule has 0 aromatic heterocycles. The minimum absolute atomic E-state index is 0.0614. The number of rotatable bonds is 2. The SMILES string of the molecule is CC(C)(C)C1(C)N=C(OCc2ccccc2)OC1=O. The number of ether oxygens (including phenoxy) is 2. The fourth-order valence-corrected chi connectivity index (χ4v) is 1.68. The fourth-order valence-electron chi connectivity index (χ4n) is 1.68. The number of carbonyl (C=O) groups excluding carboxylic acids is 1. The van der Waals surface area contributed by atoms with Crippen LogP contribution in [0.3, 0.4) is 0 Å². The van der Waals surface area contributed by atoms with Crippen LogP contribution in [0.1, 0.15) is 33.3 Å². The van der Waals surface area contributed by atoms with Crippen molar-refractivity contribution in [1.29, 1.82) is 0 Å². The summed E-state index contributed by atoms with van der Waals surface area (Å²) in [6, 6.07) is 9.69. The Kier molecular flexibility index (Phi) is 3.35. The molecule has 0 bridgehead atoms. The molecule has 0 fully saturated rings. The molecule has 0 saturated heterocycles. The summed E-state index contributed by atoms with van der Waals surface area (Å²) < 4.78 is 10.6. The minimum atomic E-state index is -0.890. The lowest BCUT2D eigenvalue weighted by molar-refractivity contribution is -0.143. The van der Waals surface area contributed by atoms with E-state index in [-0.39, 0.29) is 17.5 Å². The zero-order valence-corrected chi connectivity index (χ0v) is 11.8. The highest BCUT2D eigenvalue weighted by Crippen LogP contribution is 2.38. The number of cyclic esters (lactones) is 1. The third-order valence-electron chi connectivity index (χ3n) is 3.56. The maximum atomic E-state index is 11.9. The molecule has 0 saturated carbocycles. The van der Waals surface area contributed by atoms with Crippen molar-refractivity contribution in [3.63, 3.8) is 0 Å². The highest BCUT2D eigenvalue weighted by atomic mass is 16.7. The van der Waals surface area contributed by atoms with E-state index in [1.165, 1.54) is 0 Å². The molecule has 0 N–H and O–H groups in total. The molecule has 1 atom stereocenters. The predicted molar refractivity (Wildman–Crippen MR) is 72.6 cm³/mol. The smallest absolute Gasteiger partial charge is 0.392 e. The van der Waals surface area contributed by atoms with Crippen LogP contribution in [0.25, 0.3) is 0 Å². The van der Waals surface area contributed by atoms with Gasteiger partial charge in [0.25, 0.3) is 0 Å². The van der Waals surface area contributed by atoms with E-state index in [2.05, 4.69) is 4.99 Å². The van der Waals surface area contributed by atoms with Crippen LogP contribution in [0.4, 0.5) is 0 Å². The Hall–Kier alpha value is -1.84. The molecule has 0 radical (unpaired) electrons. The highest BCUT2D eigenvalue weighted by molar-refractivity contribution is 5.97. The highest BCUT2D eigenvalue weighted by Gasteiger charge is 2.51. The number of carbonyl (C=O) groups is 1. The maximum absolute atomic E-state index is 11.9. The van der Waals surface area contributed by atoms with E-state index < -0.39 is 5.54 Å². The lowest BCUT2D eigenvalue weighted by atomic mass is 9.76. The van der Waals surface area contributed by atoms with Crippen LogP contribution in [-0.4, -0.2) is 17.6 Å². The molecule has 4 nitrogen and oxygen atoms in total. The lowest BCUT2D eigenvalue weighted by Gasteiger charge is -2.31. The molecule has 1 aromatic rings. The summed E-state index contributed by atoms with van der Waals surface area (Å²) in [7, 11) is 0. The molecule has 1 aliphatic heterocycles. The summed E-state index contributed by atoms with van der Waals surface area (Å²) in [5.41, 5.74) is -0.202. The molecule has 1 aliphatic rings. The second kappa shape index (κ2) is 4.68. The normalized spacial score (nSPS) is 22.9. The Morgan fingerprint density at radius 1 is 1.26 bits per heavy atom. The van der Waals surface area contributed by atoms with Gasteiger partial charge in [-0.15, -0.1) is 0 Å².